The van der Waals surface area contributed by atoms with Crippen molar-refractivity contribution in [3.8, 4) is 0 Å². The molecule has 5 N–H and O–H groups in total. The van der Waals surface area contributed by atoms with Gasteiger partial charge in [0, 0.05) is 0 Å². The number of aliphatic hydroxyl groups is 2. The fraction of sp³-hybridized carbons (Fsp3) is 0.273. The van der Waals surface area contributed by atoms with Gasteiger partial charge >= 0.3 is 5.97 Å². The standard InChI is InChI=1S/C11H12N2O4S/c12-11-13-6-2-1-5(3-8(6)18-11)10(17)7(14)4-9(15)16/h1-3,7,10,14,17H,4H2,(H2,12,13)(H,15,16). The van der Waals surface area contributed by atoms with Crippen LogP contribution >= 0.6 is 11.3 Å². The molecule has 0 bridgehead atoms. The summed E-state index contributed by atoms with van der Waals surface area (Å²) in [5, 5.41) is 28.4. The molecule has 0 amide bonds. The topological polar surface area (TPSA) is 117 Å². The number of aromatic nitrogens is 1. The third-order valence-corrected chi connectivity index (χ3v) is 3.37. The van der Waals surface area contributed by atoms with Crippen LogP contribution in [0.3, 0.4) is 0 Å². The molecular formula is C11H12N2O4S. The molecule has 1 heterocycles. The van der Waals surface area contributed by atoms with Gasteiger partial charge in [-0.15, -0.1) is 0 Å². The van der Waals surface area contributed by atoms with E-state index in [1.54, 1.807) is 18.2 Å². The highest BCUT2D eigenvalue weighted by molar-refractivity contribution is 7.22. The Morgan fingerprint density at radius 2 is 2.17 bits per heavy atom. The van der Waals surface area contributed by atoms with Gasteiger partial charge in [0.2, 0.25) is 0 Å². The van der Waals surface area contributed by atoms with E-state index < -0.39 is 24.6 Å². The van der Waals surface area contributed by atoms with Gasteiger partial charge in [0.15, 0.2) is 5.13 Å². The number of hydrogen-bond donors (Lipinski definition) is 4. The van der Waals surface area contributed by atoms with Gasteiger partial charge in [-0.3, -0.25) is 4.79 Å². The Balaban J connectivity index is 2.26. The fourth-order valence-electron chi connectivity index (χ4n) is 1.66. The first-order chi connectivity index (χ1) is 8.47. The van der Waals surface area contributed by atoms with Gasteiger partial charge in [-0.1, -0.05) is 17.4 Å². The maximum absolute atomic E-state index is 10.5. The summed E-state index contributed by atoms with van der Waals surface area (Å²) in [6.07, 6.45) is -3.09. The van der Waals surface area contributed by atoms with E-state index in [0.29, 0.717) is 16.2 Å². The number of hydrogen-bond acceptors (Lipinski definition) is 6. The van der Waals surface area contributed by atoms with Gasteiger partial charge in [0.1, 0.15) is 6.10 Å². The van der Waals surface area contributed by atoms with Crippen molar-refractivity contribution in [2.24, 2.45) is 0 Å². The van der Waals surface area contributed by atoms with Crippen molar-refractivity contribution in [3.63, 3.8) is 0 Å². The van der Waals surface area contributed by atoms with Gasteiger partial charge in [-0.2, -0.15) is 0 Å². The molecule has 0 saturated carbocycles. The molecule has 2 rings (SSSR count). The lowest BCUT2D eigenvalue weighted by atomic mass is 10.0. The number of thiazole rings is 1. The summed E-state index contributed by atoms with van der Waals surface area (Å²) in [6.45, 7) is 0. The molecule has 6 nitrogen and oxygen atoms in total. The minimum Gasteiger partial charge on any atom is -0.481 e. The van der Waals surface area contributed by atoms with Crippen molar-refractivity contribution < 1.29 is 20.1 Å². The summed E-state index contributed by atoms with van der Waals surface area (Å²) in [5.74, 6) is -1.16. The zero-order chi connectivity index (χ0) is 13.3. The lowest BCUT2D eigenvalue weighted by molar-refractivity contribution is -0.141. The smallest absolute Gasteiger partial charge is 0.306 e. The third kappa shape index (κ3) is 2.58. The number of aliphatic carboxylic acids is 1. The molecule has 96 valence electrons. The number of carbonyl (C=O) groups is 1. The average Bonchev–Trinajstić information content (AvgIpc) is 2.65. The maximum Gasteiger partial charge on any atom is 0.306 e. The van der Waals surface area contributed by atoms with Crippen LogP contribution in [0.5, 0.6) is 0 Å². The molecule has 2 unspecified atom stereocenters. The molecular weight excluding hydrogens is 256 g/mol. The van der Waals surface area contributed by atoms with Crippen LogP contribution in [0.2, 0.25) is 0 Å². The molecule has 0 aliphatic carbocycles. The number of fused-ring (bicyclic) bond motifs is 1. The predicted octanol–water partition coefficient (Wildman–Crippen LogP) is 0.747. The summed E-state index contributed by atoms with van der Waals surface area (Å²) < 4.78 is 0.784. The number of benzene rings is 1. The fourth-order valence-corrected chi connectivity index (χ4v) is 2.44. The third-order valence-electron chi connectivity index (χ3n) is 2.52. The van der Waals surface area contributed by atoms with Crippen molar-refractivity contribution in [1.82, 2.24) is 4.98 Å². The number of carboxylic acids is 1. The normalized spacial score (nSPS) is 14.6. The van der Waals surface area contributed by atoms with Gasteiger partial charge in [-0.25, -0.2) is 4.98 Å². The Labute approximate surface area is 106 Å². The van der Waals surface area contributed by atoms with Crippen LogP contribution in [0.25, 0.3) is 10.2 Å². The lowest BCUT2D eigenvalue weighted by Crippen LogP contribution is -2.21. The number of carboxylic acid groups (broad SMARTS) is 1. The highest BCUT2D eigenvalue weighted by Gasteiger charge is 2.21. The van der Waals surface area contributed by atoms with E-state index >= 15 is 0 Å². The second-order valence-corrected chi connectivity index (χ2v) is 4.95. The summed E-state index contributed by atoms with van der Waals surface area (Å²) in [4.78, 5) is 14.5. The Bertz CT molecular complexity index is 583. The Kier molecular flexibility index (Phi) is 3.46. The first kappa shape index (κ1) is 12.7. The van der Waals surface area contributed by atoms with Crippen LogP contribution in [0, 0.1) is 0 Å². The summed E-state index contributed by atoms with van der Waals surface area (Å²) in [6, 6.07) is 4.92. The largest absolute Gasteiger partial charge is 0.481 e. The quantitative estimate of drug-likeness (QED) is 0.650. The van der Waals surface area contributed by atoms with E-state index in [9.17, 15) is 15.0 Å². The van der Waals surface area contributed by atoms with E-state index in [1.165, 1.54) is 11.3 Å². The molecule has 7 heteroatoms. The summed E-state index contributed by atoms with van der Waals surface area (Å²) in [5.41, 5.74) is 6.71. The van der Waals surface area contributed by atoms with E-state index in [1.807, 2.05) is 0 Å². The zero-order valence-corrected chi connectivity index (χ0v) is 10.1. The summed E-state index contributed by atoms with van der Waals surface area (Å²) >= 11 is 1.27. The second kappa shape index (κ2) is 4.89. The maximum atomic E-state index is 10.5. The molecule has 2 atom stereocenters. The monoisotopic (exact) mass is 268 g/mol. The molecule has 2 aromatic rings. The van der Waals surface area contributed by atoms with Crippen molar-refractivity contribution in [2.75, 3.05) is 5.73 Å². The number of nitrogens with zero attached hydrogens (tertiary/aromatic N) is 1. The predicted molar refractivity (Wildman–Crippen MR) is 67.3 cm³/mol. The van der Waals surface area contributed by atoms with Crippen molar-refractivity contribution in [3.05, 3.63) is 23.8 Å². The average molecular weight is 268 g/mol. The Hall–Kier alpha value is -1.70. The molecule has 18 heavy (non-hydrogen) atoms. The van der Waals surface area contributed by atoms with Crippen LogP contribution < -0.4 is 5.73 Å². The van der Waals surface area contributed by atoms with Gasteiger partial charge in [0.05, 0.1) is 22.7 Å². The van der Waals surface area contributed by atoms with E-state index in [4.69, 9.17) is 10.8 Å². The van der Waals surface area contributed by atoms with Gasteiger partial charge in [-0.05, 0) is 17.7 Å². The molecule has 1 aromatic heterocycles. The van der Waals surface area contributed by atoms with Gasteiger partial charge in [0.25, 0.3) is 0 Å². The second-order valence-electron chi connectivity index (χ2n) is 3.89. The van der Waals surface area contributed by atoms with E-state index in [-0.39, 0.29) is 0 Å². The lowest BCUT2D eigenvalue weighted by Gasteiger charge is -2.16. The molecule has 0 fully saturated rings. The number of nitrogen functional groups attached to an aromatic ring is 1. The van der Waals surface area contributed by atoms with Crippen LogP contribution in [0.4, 0.5) is 5.13 Å². The number of anilines is 1. The van der Waals surface area contributed by atoms with E-state index in [2.05, 4.69) is 4.98 Å². The number of nitrogens with two attached hydrogens (primary N) is 1. The highest BCUT2D eigenvalue weighted by Crippen LogP contribution is 2.28. The first-order valence-corrected chi connectivity index (χ1v) is 6.03. The highest BCUT2D eigenvalue weighted by atomic mass is 32.1. The number of rotatable bonds is 4. The minimum atomic E-state index is -1.34. The van der Waals surface area contributed by atoms with E-state index in [0.717, 1.165) is 4.70 Å². The first-order valence-electron chi connectivity index (χ1n) is 5.21. The Morgan fingerprint density at radius 1 is 1.44 bits per heavy atom. The van der Waals surface area contributed by atoms with Crippen LogP contribution in [-0.2, 0) is 4.79 Å². The molecule has 0 saturated heterocycles. The molecule has 1 aromatic carbocycles. The van der Waals surface area contributed by atoms with Crippen LogP contribution in [0.15, 0.2) is 18.2 Å². The Morgan fingerprint density at radius 3 is 2.83 bits per heavy atom. The van der Waals surface area contributed by atoms with Crippen molar-refractivity contribution >= 4 is 32.7 Å². The minimum absolute atomic E-state index is 0.419. The SMILES string of the molecule is Nc1nc2ccc(C(O)C(O)CC(=O)O)cc2s1. The number of aliphatic hydroxyl groups excluding tert-OH is 2. The van der Waals surface area contributed by atoms with Crippen molar-refractivity contribution in [1.29, 1.82) is 0 Å². The molecule has 0 aliphatic heterocycles. The van der Waals surface area contributed by atoms with Crippen LogP contribution in [-0.4, -0.2) is 32.4 Å². The zero-order valence-electron chi connectivity index (χ0n) is 9.28. The van der Waals surface area contributed by atoms with Crippen LogP contribution in [0.1, 0.15) is 18.1 Å². The molecule has 0 radical (unpaired) electrons. The molecule has 0 spiro atoms. The van der Waals surface area contributed by atoms with Crippen molar-refractivity contribution in [2.45, 2.75) is 18.6 Å². The molecule has 0 aliphatic rings. The summed E-state index contributed by atoms with van der Waals surface area (Å²) in [7, 11) is 0. The van der Waals surface area contributed by atoms with Gasteiger partial charge < -0.3 is 21.1 Å².